The maximum absolute atomic E-state index is 12.8. The van der Waals surface area contributed by atoms with E-state index in [0.717, 1.165) is 25.0 Å². The molecule has 2 rings (SSSR count). The first-order valence-corrected chi connectivity index (χ1v) is 6.76. The fraction of sp³-hybridized carbons (Fsp3) is 0.400. The van der Waals surface area contributed by atoms with Gasteiger partial charge < -0.3 is 5.73 Å². The van der Waals surface area contributed by atoms with Crippen LogP contribution in [0.2, 0.25) is 0 Å². The number of benzene rings is 1. The molecule has 1 aliphatic heterocycles. The number of nitrogens with one attached hydrogen (secondary N) is 1. The summed E-state index contributed by atoms with van der Waals surface area (Å²) in [5.41, 5.74) is 5.83. The molecule has 0 spiro atoms. The summed E-state index contributed by atoms with van der Waals surface area (Å²) >= 11 is 0. The molecule has 7 heteroatoms. The van der Waals surface area contributed by atoms with Crippen molar-refractivity contribution in [3.05, 3.63) is 24.0 Å². The lowest BCUT2D eigenvalue weighted by Crippen LogP contribution is -2.33. The van der Waals surface area contributed by atoms with Gasteiger partial charge in [-0.05, 0) is 31.0 Å². The van der Waals surface area contributed by atoms with E-state index in [9.17, 15) is 12.8 Å². The van der Waals surface area contributed by atoms with E-state index in [1.165, 1.54) is 10.4 Å². The van der Waals surface area contributed by atoms with Gasteiger partial charge in [0.15, 0.2) is 0 Å². The Kier molecular flexibility index (Phi) is 3.21. The van der Waals surface area contributed by atoms with Crippen molar-refractivity contribution in [3.8, 4) is 0 Å². The number of hydrogen-bond acceptors (Lipinski definition) is 3. The van der Waals surface area contributed by atoms with Crippen LogP contribution in [0.25, 0.3) is 0 Å². The Morgan fingerprint density at radius 2 is 1.94 bits per heavy atom. The minimum atomic E-state index is -3.57. The molecule has 17 heavy (non-hydrogen) atoms. The van der Waals surface area contributed by atoms with E-state index in [1.807, 2.05) is 0 Å². The van der Waals surface area contributed by atoms with E-state index in [2.05, 4.69) is 4.72 Å². The van der Waals surface area contributed by atoms with Gasteiger partial charge in [0.2, 0.25) is 0 Å². The molecule has 0 radical (unpaired) electrons. The summed E-state index contributed by atoms with van der Waals surface area (Å²) < 4.78 is 40.3. The van der Waals surface area contributed by atoms with Gasteiger partial charge >= 0.3 is 10.2 Å². The van der Waals surface area contributed by atoms with Gasteiger partial charge in [-0.25, -0.2) is 4.39 Å². The SMILES string of the molecule is Nc1cc(F)ccc1NS(=O)(=O)N1CCCC1. The Balaban J connectivity index is 2.19. The summed E-state index contributed by atoms with van der Waals surface area (Å²) in [7, 11) is -3.57. The first-order chi connectivity index (χ1) is 7.99. The average molecular weight is 259 g/mol. The summed E-state index contributed by atoms with van der Waals surface area (Å²) in [6, 6.07) is 3.57. The molecule has 3 N–H and O–H groups in total. The monoisotopic (exact) mass is 259 g/mol. The van der Waals surface area contributed by atoms with Crippen LogP contribution in [0.15, 0.2) is 18.2 Å². The van der Waals surface area contributed by atoms with Crippen molar-refractivity contribution in [3.63, 3.8) is 0 Å². The van der Waals surface area contributed by atoms with Crippen LogP contribution in [0.4, 0.5) is 15.8 Å². The Labute approximate surface area is 99.6 Å². The Hall–Kier alpha value is -1.34. The van der Waals surface area contributed by atoms with E-state index < -0.39 is 16.0 Å². The maximum atomic E-state index is 12.8. The minimum absolute atomic E-state index is 0.0766. The number of rotatable bonds is 3. The molecule has 0 bridgehead atoms. The van der Waals surface area contributed by atoms with Gasteiger partial charge in [-0.1, -0.05) is 0 Å². The van der Waals surface area contributed by atoms with Crippen LogP contribution >= 0.6 is 0 Å². The lowest BCUT2D eigenvalue weighted by atomic mass is 10.3. The van der Waals surface area contributed by atoms with Crippen LogP contribution in [0.1, 0.15) is 12.8 Å². The van der Waals surface area contributed by atoms with Crippen molar-refractivity contribution in [2.45, 2.75) is 12.8 Å². The fourth-order valence-corrected chi connectivity index (χ4v) is 3.09. The zero-order valence-electron chi connectivity index (χ0n) is 9.19. The number of nitrogens with two attached hydrogens (primary N) is 1. The van der Waals surface area contributed by atoms with Crippen LogP contribution < -0.4 is 10.5 Å². The number of nitrogen functional groups attached to an aromatic ring is 1. The lowest BCUT2D eigenvalue weighted by Gasteiger charge is -2.17. The van der Waals surface area contributed by atoms with E-state index in [1.54, 1.807) is 0 Å². The molecule has 1 aromatic carbocycles. The van der Waals surface area contributed by atoms with Gasteiger partial charge in [-0.15, -0.1) is 0 Å². The van der Waals surface area contributed by atoms with E-state index >= 15 is 0 Å². The smallest absolute Gasteiger partial charge is 0.301 e. The Morgan fingerprint density at radius 1 is 1.29 bits per heavy atom. The molecule has 0 saturated carbocycles. The number of nitrogens with zero attached hydrogens (tertiary/aromatic N) is 1. The number of hydrogen-bond donors (Lipinski definition) is 2. The molecular weight excluding hydrogens is 245 g/mol. The van der Waals surface area contributed by atoms with Crippen LogP contribution in [0, 0.1) is 5.82 Å². The van der Waals surface area contributed by atoms with Gasteiger partial charge in [0.1, 0.15) is 5.82 Å². The van der Waals surface area contributed by atoms with Crippen molar-refractivity contribution in [2.24, 2.45) is 0 Å². The molecule has 1 aromatic rings. The van der Waals surface area contributed by atoms with Gasteiger partial charge in [0.25, 0.3) is 0 Å². The topological polar surface area (TPSA) is 75.4 Å². The molecule has 0 aromatic heterocycles. The predicted octanol–water partition coefficient (Wildman–Crippen LogP) is 1.16. The second kappa shape index (κ2) is 4.50. The lowest BCUT2D eigenvalue weighted by molar-refractivity contribution is 0.482. The van der Waals surface area contributed by atoms with Gasteiger partial charge in [-0.2, -0.15) is 12.7 Å². The first-order valence-electron chi connectivity index (χ1n) is 5.32. The van der Waals surface area contributed by atoms with Crippen molar-refractivity contribution >= 4 is 21.6 Å². The van der Waals surface area contributed by atoms with E-state index in [4.69, 9.17) is 5.73 Å². The van der Waals surface area contributed by atoms with E-state index in [0.29, 0.717) is 13.1 Å². The third-order valence-electron chi connectivity index (χ3n) is 2.66. The highest BCUT2D eigenvalue weighted by molar-refractivity contribution is 7.90. The van der Waals surface area contributed by atoms with Crippen molar-refractivity contribution in [2.75, 3.05) is 23.5 Å². The Bertz CT molecular complexity index is 512. The van der Waals surface area contributed by atoms with Crippen LogP contribution in [-0.4, -0.2) is 25.8 Å². The molecule has 0 unspecified atom stereocenters. The van der Waals surface area contributed by atoms with Crippen LogP contribution in [-0.2, 0) is 10.2 Å². The quantitative estimate of drug-likeness (QED) is 0.800. The molecule has 1 saturated heterocycles. The van der Waals surface area contributed by atoms with Gasteiger partial charge in [0, 0.05) is 13.1 Å². The second-order valence-corrected chi connectivity index (χ2v) is 5.62. The fourth-order valence-electron chi connectivity index (χ4n) is 1.76. The highest BCUT2D eigenvalue weighted by Crippen LogP contribution is 2.22. The summed E-state index contributed by atoms with van der Waals surface area (Å²) in [5.74, 6) is -0.494. The minimum Gasteiger partial charge on any atom is -0.397 e. The highest BCUT2D eigenvalue weighted by atomic mass is 32.2. The zero-order chi connectivity index (χ0) is 12.5. The summed E-state index contributed by atoms with van der Waals surface area (Å²) in [6.45, 7) is 1.02. The number of anilines is 2. The number of halogens is 1. The van der Waals surface area contributed by atoms with Crippen LogP contribution in [0.3, 0.4) is 0 Å². The van der Waals surface area contributed by atoms with Crippen molar-refractivity contribution < 1.29 is 12.8 Å². The van der Waals surface area contributed by atoms with Gasteiger partial charge in [-0.3, -0.25) is 4.72 Å². The molecule has 1 aliphatic rings. The van der Waals surface area contributed by atoms with E-state index in [-0.39, 0.29) is 11.4 Å². The molecule has 5 nitrogen and oxygen atoms in total. The molecular formula is C10H14FN3O2S. The van der Waals surface area contributed by atoms with Crippen LogP contribution in [0.5, 0.6) is 0 Å². The third-order valence-corrected chi connectivity index (χ3v) is 4.18. The Morgan fingerprint density at radius 3 is 2.53 bits per heavy atom. The summed E-state index contributed by atoms with van der Waals surface area (Å²) in [4.78, 5) is 0. The normalized spacial score (nSPS) is 17.2. The third kappa shape index (κ3) is 2.67. The largest absolute Gasteiger partial charge is 0.397 e. The highest BCUT2D eigenvalue weighted by Gasteiger charge is 2.25. The molecule has 1 heterocycles. The summed E-state index contributed by atoms with van der Waals surface area (Å²) in [5, 5.41) is 0. The van der Waals surface area contributed by atoms with Gasteiger partial charge in [0.05, 0.1) is 11.4 Å². The first kappa shape index (κ1) is 12.1. The molecule has 1 fully saturated rings. The molecule has 0 amide bonds. The maximum Gasteiger partial charge on any atom is 0.301 e. The zero-order valence-corrected chi connectivity index (χ0v) is 10.0. The standard InChI is InChI=1S/C10H14FN3O2S/c11-8-3-4-10(9(12)7-8)13-17(15,16)14-5-1-2-6-14/h3-4,7,13H,1-2,5-6,12H2. The molecule has 0 aliphatic carbocycles. The average Bonchev–Trinajstić information content (AvgIpc) is 2.76. The summed E-state index contributed by atoms with van der Waals surface area (Å²) in [6.07, 6.45) is 1.72. The van der Waals surface area contributed by atoms with Crippen molar-refractivity contribution in [1.29, 1.82) is 0 Å². The van der Waals surface area contributed by atoms with Crippen molar-refractivity contribution in [1.82, 2.24) is 4.31 Å². The predicted molar refractivity (Wildman–Crippen MR) is 64.2 cm³/mol. The second-order valence-electron chi connectivity index (χ2n) is 3.94. The molecule has 0 atom stereocenters. The molecule has 94 valence electrons.